The number of nitrogens with one attached hydrogen (secondary N) is 1. The summed E-state index contributed by atoms with van der Waals surface area (Å²) in [6.07, 6.45) is 7.80. The molecule has 0 radical (unpaired) electrons. The number of rotatable bonds is 4. The van der Waals surface area contributed by atoms with Crippen molar-refractivity contribution in [3.63, 3.8) is 0 Å². The lowest BCUT2D eigenvalue weighted by Gasteiger charge is -2.35. The number of amides is 1. The monoisotopic (exact) mass is 367 g/mol. The quantitative estimate of drug-likeness (QED) is 0.901. The highest BCUT2D eigenvalue weighted by Gasteiger charge is 2.29. The molecule has 0 spiro atoms. The third-order valence-electron chi connectivity index (χ3n) is 6.25. The molecule has 4 rings (SSSR count). The Kier molecular flexibility index (Phi) is 5.93. The maximum atomic E-state index is 12.6. The molecule has 2 aromatic rings. The second-order valence-electron chi connectivity index (χ2n) is 8.03. The molecule has 2 aliphatic rings. The van der Waals surface area contributed by atoms with Crippen molar-refractivity contribution in [2.45, 2.75) is 44.6 Å². The van der Waals surface area contributed by atoms with Crippen molar-refractivity contribution in [3.8, 4) is 5.75 Å². The molecule has 0 saturated carbocycles. The minimum atomic E-state index is 0.118. The van der Waals surface area contributed by atoms with Gasteiger partial charge in [0.1, 0.15) is 5.75 Å². The van der Waals surface area contributed by atoms with Gasteiger partial charge in [0, 0.05) is 25.9 Å². The molecular weight excluding hydrogens is 336 g/mol. The van der Waals surface area contributed by atoms with Gasteiger partial charge in [-0.25, -0.2) is 0 Å². The number of carbonyl (C=O) groups is 1. The molecule has 2 fully saturated rings. The Labute approximate surface area is 162 Å². The van der Waals surface area contributed by atoms with E-state index in [1.807, 2.05) is 35.2 Å². The Morgan fingerprint density at radius 1 is 0.963 bits per heavy atom. The van der Waals surface area contributed by atoms with Crippen molar-refractivity contribution in [3.05, 3.63) is 42.5 Å². The SMILES string of the molecule is O=C(COc1ccc2ccccc2c1)N1CCC([NH+]2CCCCCC2)CC1. The summed E-state index contributed by atoms with van der Waals surface area (Å²) in [6, 6.07) is 15.0. The molecule has 4 nitrogen and oxygen atoms in total. The second kappa shape index (κ2) is 8.75. The Morgan fingerprint density at radius 3 is 2.41 bits per heavy atom. The molecule has 2 aliphatic heterocycles. The minimum absolute atomic E-state index is 0.118. The first-order valence-electron chi connectivity index (χ1n) is 10.5. The van der Waals surface area contributed by atoms with Crippen LogP contribution in [-0.4, -0.2) is 49.6 Å². The number of piperidine rings is 1. The topological polar surface area (TPSA) is 34.0 Å². The highest BCUT2D eigenvalue weighted by molar-refractivity contribution is 5.84. The van der Waals surface area contributed by atoms with Gasteiger partial charge >= 0.3 is 0 Å². The molecule has 1 amide bonds. The lowest BCUT2D eigenvalue weighted by Crippen LogP contribution is -3.16. The van der Waals surface area contributed by atoms with E-state index in [2.05, 4.69) is 12.1 Å². The van der Waals surface area contributed by atoms with E-state index < -0.39 is 0 Å². The van der Waals surface area contributed by atoms with E-state index in [4.69, 9.17) is 4.74 Å². The molecule has 0 bridgehead atoms. The Hall–Kier alpha value is -2.07. The van der Waals surface area contributed by atoms with Crippen LogP contribution in [0.25, 0.3) is 10.8 Å². The third kappa shape index (κ3) is 4.62. The number of likely N-dealkylation sites (tertiary alicyclic amines) is 2. The largest absolute Gasteiger partial charge is 0.484 e. The molecule has 2 aromatic carbocycles. The van der Waals surface area contributed by atoms with Crippen molar-refractivity contribution < 1.29 is 14.4 Å². The van der Waals surface area contributed by atoms with Gasteiger partial charge in [-0.3, -0.25) is 4.79 Å². The fourth-order valence-corrected chi connectivity index (χ4v) is 4.62. The van der Waals surface area contributed by atoms with Crippen molar-refractivity contribution in [1.29, 1.82) is 0 Å². The first-order valence-corrected chi connectivity index (χ1v) is 10.5. The number of nitrogens with zero attached hydrogens (tertiary/aromatic N) is 1. The van der Waals surface area contributed by atoms with Crippen molar-refractivity contribution in [2.24, 2.45) is 0 Å². The summed E-state index contributed by atoms with van der Waals surface area (Å²) in [5.41, 5.74) is 0. The molecule has 1 N–H and O–H groups in total. The smallest absolute Gasteiger partial charge is 0.260 e. The summed E-state index contributed by atoms with van der Waals surface area (Å²) >= 11 is 0. The van der Waals surface area contributed by atoms with E-state index in [0.717, 1.165) is 43.1 Å². The first kappa shape index (κ1) is 18.3. The summed E-state index contributed by atoms with van der Waals surface area (Å²) in [5, 5.41) is 2.33. The van der Waals surface area contributed by atoms with E-state index in [9.17, 15) is 4.79 Å². The van der Waals surface area contributed by atoms with E-state index in [-0.39, 0.29) is 12.5 Å². The zero-order valence-electron chi connectivity index (χ0n) is 16.2. The van der Waals surface area contributed by atoms with Crippen molar-refractivity contribution in [1.82, 2.24) is 4.90 Å². The fraction of sp³-hybridized carbons (Fsp3) is 0.522. The predicted octanol–water partition coefficient (Wildman–Crippen LogP) is 2.67. The minimum Gasteiger partial charge on any atom is -0.484 e. The van der Waals surface area contributed by atoms with Crippen LogP contribution in [-0.2, 0) is 4.79 Å². The van der Waals surface area contributed by atoms with E-state index in [1.54, 1.807) is 4.90 Å². The molecule has 2 heterocycles. The number of fused-ring (bicyclic) bond motifs is 1. The molecule has 27 heavy (non-hydrogen) atoms. The molecule has 0 aliphatic carbocycles. The second-order valence-corrected chi connectivity index (χ2v) is 8.03. The van der Waals surface area contributed by atoms with Crippen LogP contribution in [0.3, 0.4) is 0 Å². The summed E-state index contributed by atoms with van der Waals surface area (Å²) in [5.74, 6) is 0.887. The van der Waals surface area contributed by atoms with Crippen LogP contribution in [0.15, 0.2) is 42.5 Å². The average Bonchev–Trinajstić information content (AvgIpc) is 3.01. The first-order chi connectivity index (χ1) is 13.3. The number of benzene rings is 2. The normalized spacial score (nSPS) is 19.8. The highest BCUT2D eigenvalue weighted by atomic mass is 16.5. The van der Waals surface area contributed by atoms with Crippen LogP contribution in [0.4, 0.5) is 0 Å². The standard InChI is InChI=1S/C23H30N2O2/c26-23(18-27-22-10-9-19-7-3-4-8-20(19)17-22)25-15-11-21(12-16-25)24-13-5-1-2-6-14-24/h3-4,7-10,17,21H,1-2,5-6,11-16,18H2/p+1. The number of ether oxygens (including phenoxy) is 1. The maximum Gasteiger partial charge on any atom is 0.260 e. The van der Waals surface area contributed by atoms with Gasteiger partial charge in [0.05, 0.1) is 19.1 Å². The van der Waals surface area contributed by atoms with Crippen LogP contribution < -0.4 is 9.64 Å². The van der Waals surface area contributed by atoms with Crippen molar-refractivity contribution in [2.75, 3.05) is 32.8 Å². The highest BCUT2D eigenvalue weighted by Crippen LogP contribution is 2.20. The van der Waals surface area contributed by atoms with Crippen LogP contribution in [0.2, 0.25) is 0 Å². The number of hydrogen-bond acceptors (Lipinski definition) is 2. The predicted molar refractivity (Wildman–Crippen MR) is 108 cm³/mol. The zero-order chi connectivity index (χ0) is 18.5. The number of quaternary nitrogens is 1. The van der Waals surface area contributed by atoms with Crippen LogP contribution in [0.1, 0.15) is 38.5 Å². The van der Waals surface area contributed by atoms with E-state index >= 15 is 0 Å². The van der Waals surface area contributed by atoms with Gasteiger partial charge in [0.2, 0.25) is 0 Å². The van der Waals surface area contributed by atoms with Gasteiger partial charge in [0.15, 0.2) is 6.61 Å². The molecule has 4 heteroatoms. The maximum absolute atomic E-state index is 12.6. The van der Waals surface area contributed by atoms with Crippen molar-refractivity contribution >= 4 is 16.7 Å². The van der Waals surface area contributed by atoms with Gasteiger partial charge in [-0.2, -0.15) is 0 Å². The van der Waals surface area contributed by atoms with E-state index in [1.165, 1.54) is 44.2 Å². The van der Waals surface area contributed by atoms with Gasteiger partial charge < -0.3 is 14.5 Å². The van der Waals surface area contributed by atoms with E-state index in [0.29, 0.717) is 0 Å². The number of hydrogen-bond donors (Lipinski definition) is 1. The van der Waals surface area contributed by atoms with Crippen LogP contribution in [0, 0.1) is 0 Å². The zero-order valence-corrected chi connectivity index (χ0v) is 16.2. The van der Waals surface area contributed by atoms with Crippen LogP contribution >= 0.6 is 0 Å². The summed E-state index contributed by atoms with van der Waals surface area (Å²) in [6.45, 7) is 4.55. The number of carbonyl (C=O) groups excluding carboxylic acids is 1. The molecule has 2 saturated heterocycles. The van der Waals surface area contributed by atoms with Gasteiger partial charge in [0.25, 0.3) is 5.91 Å². The summed E-state index contributed by atoms with van der Waals surface area (Å²) in [7, 11) is 0. The molecule has 0 unspecified atom stereocenters. The van der Waals surface area contributed by atoms with Gasteiger partial charge in [-0.15, -0.1) is 0 Å². The molecule has 0 atom stereocenters. The Bertz CT molecular complexity index is 760. The third-order valence-corrected chi connectivity index (χ3v) is 6.25. The lowest BCUT2D eigenvalue weighted by molar-refractivity contribution is -0.926. The molecule has 0 aromatic heterocycles. The Morgan fingerprint density at radius 2 is 1.67 bits per heavy atom. The summed E-state index contributed by atoms with van der Waals surface area (Å²) in [4.78, 5) is 16.3. The Balaban J connectivity index is 1.26. The molecule has 144 valence electrons. The fourth-order valence-electron chi connectivity index (χ4n) is 4.62. The summed E-state index contributed by atoms with van der Waals surface area (Å²) < 4.78 is 5.79. The van der Waals surface area contributed by atoms with Crippen LogP contribution in [0.5, 0.6) is 5.75 Å². The molecular formula is C23H31N2O2+. The lowest BCUT2D eigenvalue weighted by atomic mass is 10.0. The average molecular weight is 368 g/mol. The van der Waals surface area contributed by atoms with Gasteiger partial charge in [-0.1, -0.05) is 30.3 Å². The van der Waals surface area contributed by atoms with Gasteiger partial charge in [-0.05, 0) is 48.6 Å².